The first-order valence-corrected chi connectivity index (χ1v) is 7.68. The summed E-state index contributed by atoms with van der Waals surface area (Å²) in [6.07, 6.45) is -0.175. The lowest BCUT2D eigenvalue weighted by Crippen LogP contribution is -2.33. The highest BCUT2D eigenvalue weighted by Gasteiger charge is 2.33. The van der Waals surface area contributed by atoms with Crippen LogP contribution in [0.2, 0.25) is 0 Å². The number of nitrogens with one attached hydrogen (secondary N) is 1. The number of hydrogen-bond acceptors (Lipinski definition) is 6. The second-order valence-corrected chi connectivity index (χ2v) is 5.91. The van der Waals surface area contributed by atoms with E-state index in [1.54, 1.807) is 18.2 Å². The van der Waals surface area contributed by atoms with E-state index in [0.717, 1.165) is 18.2 Å². The molecule has 0 radical (unpaired) electrons. The molecule has 122 valence electrons. The minimum absolute atomic E-state index is 0.0184. The number of phenolic OH excluding ortho intramolecular Hbond substituents is 2. The van der Waals surface area contributed by atoms with E-state index < -0.39 is 17.3 Å². The Morgan fingerprint density at radius 1 is 1.00 bits per heavy atom. The fraction of sp³-hybridized carbons (Fsp3) is 0.222. The maximum atomic E-state index is 12.8. The summed E-state index contributed by atoms with van der Waals surface area (Å²) in [6.45, 7) is 2.00. The normalized spacial score (nSPS) is 19.8. The molecule has 1 fully saturated rings. The average Bonchev–Trinajstić information content (AvgIpc) is 2.59. The number of benzene rings is 2. The van der Waals surface area contributed by atoms with Crippen LogP contribution in [-0.2, 0) is 4.74 Å². The van der Waals surface area contributed by atoms with Crippen molar-refractivity contribution in [2.24, 2.45) is 0 Å². The number of carbonyl (C=O) groups excluding carboxylic acids is 2. The number of rotatable bonds is 1. The van der Waals surface area contributed by atoms with E-state index in [2.05, 4.69) is 5.32 Å². The number of ether oxygens (including phenoxy) is 1. The van der Waals surface area contributed by atoms with Crippen molar-refractivity contribution in [1.82, 2.24) is 5.32 Å². The second-order valence-electron chi connectivity index (χ2n) is 5.91. The smallest absolute Gasteiger partial charge is 0.198 e. The number of phenols is 2. The van der Waals surface area contributed by atoms with Gasteiger partial charge in [-0.2, -0.15) is 0 Å². The van der Waals surface area contributed by atoms with Gasteiger partial charge in [-0.05, 0) is 23.8 Å². The molecular formula is C18H15NO5. The Bertz CT molecular complexity index is 868. The van der Waals surface area contributed by atoms with Crippen LogP contribution in [0.15, 0.2) is 30.3 Å². The Labute approximate surface area is 137 Å². The Balaban J connectivity index is 1.83. The minimum Gasteiger partial charge on any atom is -0.508 e. The largest absolute Gasteiger partial charge is 0.508 e. The van der Waals surface area contributed by atoms with Crippen LogP contribution in [0, 0.1) is 0 Å². The maximum Gasteiger partial charge on any atom is 0.198 e. The molecule has 1 saturated heterocycles. The number of carbonyl (C=O) groups is 2. The Kier molecular flexibility index (Phi) is 3.37. The zero-order valence-electron chi connectivity index (χ0n) is 12.7. The molecule has 3 N–H and O–H groups in total. The van der Waals surface area contributed by atoms with Crippen molar-refractivity contribution in [3.05, 3.63) is 58.1 Å². The summed E-state index contributed by atoms with van der Waals surface area (Å²) >= 11 is 0. The zero-order chi connectivity index (χ0) is 16.8. The molecule has 0 spiro atoms. The molecule has 1 aliphatic heterocycles. The van der Waals surface area contributed by atoms with E-state index >= 15 is 0 Å². The van der Waals surface area contributed by atoms with Crippen LogP contribution in [0.5, 0.6) is 11.5 Å². The first-order valence-electron chi connectivity index (χ1n) is 7.68. The van der Waals surface area contributed by atoms with Crippen LogP contribution in [0.25, 0.3) is 0 Å². The van der Waals surface area contributed by atoms with Crippen molar-refractivity contribution in [1.29, 1.82) is 0 Å². The van der Waals surface area contributed by atoms with Crippen molar-refractivity contribution in [2.45, 2.75) is 6.10 Å². The quantitative estimate of drug-likeness (QED) is 0.628. The van der Waals surface area contributed by atoms with E-state index in [1.165, 1.54) is 6.07 Å². The highest BCUT2D eigenvalue weighted by Crippen LogP contribution is 2.36. The van der Waals surface area contributed by atoms with Crippen molar-refractivity contribution in [3.8, 4) is 11.5 Å². The standard InChI is InChI=1S/C18H15NO5/c20-10-6-13-16(14(21)7-10)18(23)11-2-1-9(5-12(11)17(13)22)15-8-19-3-4-24-15/h1-2,5-7,15,19-21H,3-4,8H2. The minimum atomic E-state index is -0.425. The third-order valence-corrected chi connectivity index (χ3v) is 4.41. The molecule has 6 nitrogen and oxygen atoms in total. The molecule has 1 heterocycles. The summed E-state index contributed by atoms with van der Waals surface area (Å²) in [5.74, 6) is -1.47. The number of morpholine rings is 1. The van der Waals surface area contributed by atoms with Crippen LogP contribution in [0.1, 0.15) is 43.5 Å². The first-order chi connectivity index (χ1) is 11.6. The predicted molar refractivity (Wildman–Crippen MR) is 84.6 cm³/mol. The number of aromatic hydroxyl groups is 2. The van der Waals surface area contributed by atoms with Gasteiger partial charge in [-0.3, -0.25) is 9.59 Å². The van der Waals surface area contributed by atoms with E-state index in [1.807, 2.05) is 0 Å². The molecule has 0 bridgehead atoms. The fourth-order valence-electron chi connectivity index (χ4n) is 3.24. The van der Waals surface area contributed by atoms with E-state index in [9.17, 15) is 19.8 Å². The summed E-state index contributed by atoms with van der Waals surface area (Å²) in [4.78, 5) is 25.4. The lowest BCUT2D eigenvalue weighted by Gasteiger charge is -2.25. The van der Waals surface area contributed by atoms with Crippen LogP contribution < -0.4 is 5.32 Å². The van der Waals surface area contributed by atoms with Gasteiger partial charge in [0.1, 0.15) is 11.5 Å². The van der Waals surface area contributed by atoms with E-state index in [-0.39, 0.29) is 34.1 Å². The molecule has 0 aromatic heterocycles. The van der Waals surface area contributed by atoms with Crippen LogP contribution >= 0.6 is 0 Å². The molecule has 0 amide bonds. The lowest BCUT2D eigenvalue weighted by molar-refractivity contribution is 0.0276. The summed E-state index contributed by atoms with van der Waals surface area (Å²) in [5, 5.41) is 22.8. The van der Waals surface area contributed by atoms with E-state index in [4.69, 9.17) is 4.74 Å². The molecule has 24 heavy (non-hydrogen) atoms. The zero-order valence-corrected chi connectivity index (χ0v) is 12.7. The summed E-state index contributed by atoms with van der Waals surface area (Å²) in [5.41, 5.74) is 1.29. The van der Waals surface area contributed by atoms with Gasteiger partial charge in [0.25, 0.3) is 0 Å². The predicted octanol–water partition coefficient (Wildman–Crippen LogP) is 1.53. The summed E-state index contributed by atoms with van der Waals surface area (Å²) in [6, 6.07) is 7.30. The van der Waals surface area contributed by atoms with Gasteiger partial charge < -0.3 is 20.3 Å². The van der Waals surface area contributed by atoms with Gasteiger partial charge in [0, 0.05) is 35.8 Å². The van der Waals surface area contributed by atoms with Crippen LogP contribution in [0.3, 0.4) is 0 Å². The molecule has 1 unspecified atom stereocenters. The third kappa shape index (κ3) is 2.19. The molecule has 1 aliphatic carbocycles. The molecule has 0 saturated carbocycles. The van der Waals surface area contributed by atoms with Gasteiger partial charge in [-0.25, -0.2) is 0 Å². The fourth-order valence-corrected chi connectivity index (χ4v) is 3.24. The molecule has 2 aliphatic rings. The molecule has 1 atom stereocenters. The van der Waals surface area contributed by atoms with Gasteiger partial charge in [0.05, 0.1) is 18.3 Å². The average molecular weight is 325 g/mol. The number of ketones is 2. The molecule has 2 aromatic carbocycles. The first kappa shape index (κ1) is 14.9. The van der Waals surface area contributed by atoms with Crippen molar-refractivity contribution >= 4 is 11.6 Å². The van der Waals surface area contributed by atoms with Gasteiger partial charge in [0.15, 0.2) is 11.6 Å². The molecule has 2 aromatic rings. The topological polar surface area (TPSA) is 95.9 Å². The van der Waals surface area contributed by atoms with Crippen LogP contribution in [-0.4, -0.2) is 41.5 Å². The monoisotopic (exact) mass is 325 g/mol. The van der Waals surface area contributed by atoms with Gasteiger partial charge >= 0.3 is 0 Å². The van der Waals surface area contributed by atoms with Gasteiger partial charge in [0.2, 0.25) is 0 Å². The molecule has 6 heteroatoms. The Morgan fingerprint density at radius 3 is 2.58 bits per heavy atom. The summed E-state index contributed by atoms with van der Waals surface area (Å²) in [7, 11) is 0. The highest BCUT2D eigenvalue weighted by atomic mass is 16.5. The molecular weight excluding hydrogens is 310 g/mol. The Hall–Kier alpha value is -2.70. The second kappa shape index (κ2) is 5.43. The maximum absolute atomic E-state index is 12.8. The van der Waals surface area contributed by atoms with Gasteiger partial charge in [-0.1, -0.05) is 6.07 Å². The molecule has 4 rings (SSSR count). The summed E-state index contributed by atoms with van der Waals surface area (Å²) < 4.78 is 5.69. The SMILES string of the molecule is O=C1c2cc(C3CNCCO3)ccc2C(=O)c2c(O)cc(O)cc21. The lowest BCUT2D eigenvalue weighted by atomic mass is 9.82. The highest BCUT2D eigenvalue weighted by molar-refractivity contribution is 6.29. The van der Waals surface area contributed by atoms with Crippen molar-refractivity contribution in [3.63, 3.8) is 0 Å². The van der Waals surface area contributed by atoms with Crippen LogP contribution in [0.4, 0.5) is 0 Å². The number of fused-ring (bicyclic) bond motifs is 2. The van der Waals surface area contributed by atoms with Crippen molar-refractivity contribution in [2.75, 3.05) is 19.7 Å². The number of hydrogen-bond donors (Lipinski definition) is 3. The Morgan fingerprint density at radius 2 is 1.83 bits per heavy atom. The van der Waals surface area contributed by atoms with Crippen molar-refractivity contribution < 1.29 is 24.5 Å². The van der Waals surface area contributed by atoms with E-state index in [0.29, 0.717) is 13.2 Å². The van der Waals surface area contributed by atoms with Gasteiger partial charge in [-0.15, -0.1) is 0 Å². The third-order valence-electron chi connectivity index (χ3n) is 4.41.